The maximum Gasteiger partial charge on any atom is 0.259 e. The van der Waals surface area contributed by atoms with E-state index >= 15 is 0 Å². The molecule has 86 valence electrons. The molecule has 1 aliphatic heterocycles. The molecule has 1 aromatic carbocycles. The van der Waals surface area contributed by atoms with Crippen molar-refractivity contribution in [1.82, 2.24) is 4.90 Å². The van der Waals surface area contributed by atoms with Gasteiger partial charge in [-0.05, 0) is 25.0 Å². The minimum absolute atomic E-state index is 0.205. The van der Waals surface area contributed by atoms with Gasteiger partial charge in [0, 0.05) is 13.1 Å². The van der Waals surface area contributed by atoms with Gasteiger partial charge in [0.25, 0.3) is 5.91 Å². The number of likely N-dealkylation sites (tertiary alicyclic amines) is 1. The van der Waals surface area contributed by atoms with Crippen molar-refractivity contribution in [3.63, 3.8) is 0 Å². The molecule has 2 rings (SSSR count). The molecule has 0 bridgehead atoms. The van der Waals surface area contributed by atoms with Gasteiger partial charge >= 0.3 is 0 Å². The zero-order chi connectivity index (χ0) is 11.7. The monoisotopic (exact) mass is 226 g/mol. The van der Waals surface area contributed by atoms with Crippen LogP contribution in [-0.2, 0) is 0 Å². The van der Waals surface area contributed by atoms with E-state index in [1.165, 1.54) is 4.90 Å². The quantitative estimate of drug-likeness (QED) is 0.742. The largest absolute Gasteiger partial charge is 0.396 e. The van der Waals surface area contributed by atoms with E-state index in [0.29, 0.717) is 13.1 Å². The third kappa shape index (κ3) is 1.73. The van der Waals surface area contributed by atoms with Crippen molar-refractivity contribution >= 4 is 11.6 Å². The Morgan fingerprint density at radius 2 is 1.88 bits per heavy atom. The molecule has 1 amide bonds. The summed E-state index contributed by atoms with van der Waals surface area (Å²) in [6.45, 7) is 1.10. The molecular formula is C11H12F2N2O. The fourth-order valence-electron chi connectivity index (χ4n) is 1.84. The summed E-state index contributed by atoms with van der Waals surface area (Å²) in [4.78, 5) is 13.3. The number of nitrogen functional groups attached to an aromatic ring is 1. The average Bonchev–Trinajstić information content (AvgIpc) is 2.77. The SMILES string of the molecule is Nc1ccc(F)c(C(=O)N2CCCC2)c1F. The van der Waals surface area contributed by atoms with Crippen LogP contribution in [0.15, 0.2) is 12.1 Å². The molecule has 3 nitrogen and oxygen atoms in total. The predicted octanol–water partition coefficient (Wildman–Crippen LogP) is 1.78. The highest BCUT2D eigenvalue weighted by atomic mass is 19.1. The van der Waals surface area contributed by atoms with Gasteiger partial charge < -0.3 is 10.6 Å². The van der Waals surface area contributed by atoms with Crippen molar-refractivity contribution < 1.29 is 13.6 Å². The van der Waals surface area contributed by atoms with Gasteiger partial charge in [-0.15, -0.1) is 0 Å². The number of halogens is 2. The minimum atomic E-state index is -0.961. The van der Waals surface area contributed by atoms with Crippen LogP contribution in [0.1, 0.15) is 23.2 Å². The number of carbonyl (C=O) groups is 1. The van der Waals surface area contributed by atoms with Crippen LogP contribution in [0.2, 0.25) is 0 Å². The number of nitrogens with two attached hydrogens (primary N) is 1. The lowest BCUT2D eigenvalue weighted by atomic mass is 10.1. The summed E-state index contributed by atoms with van der Waals surface area (Å²) in [5.41, 5.74) is 4.57. The molecular weight excluding hydrogens is 214 g/mol. The molecule has 0 spiro atoms. The Morgan fingerprint density at radius 3 is 2.50 bits per heavy atom. The van der Waals surface area contributed by atoms with Gasteiger partial charge in [0.15, 0.2) is 5.82 Å². The lowest BCUT2D eigenvalue weighted by molar-refractivity contribution is 0.0783. The molecule has 0 aromatic heterocycles. The smallest absolute Gasteiger partial charge is 0.259 e. The lowest BCUT2D eigenvalue weighted by Gasteiger charge is -2.16. The van der Waals surface area contributed by atoms with Crippen LogP contribution in [0.5, 0.6) is 0 Å². The van der Waals surface area contributed by atoms with Crippen LogP contribution >= 0.6 is 0 Å². The molecule has 1 aliphatic rings. The molecule has 16 heavy (non-hydrogen) atoms. The Bertz CT molecular complexity index is 428. The van der Waals surface area contributed by atoms with Gasteiger partial charge in [0.2, 0.25) is 0 Å². The molecule has 0 saturated carbocycles. The Hall–Kier alpha value is -1.65. The van der Waals surface area contributed by atoms with Crippen molar-refractivity contribution in [2.24, 2.45) is 0 Å². The Morgan fingerprint density at radius 1 is 1.25 bits per heavy atom. The van der Waals surface area contributed by atoms with Gasteiger partial charge in [-0.3, -0.25) is 4.79 Å². The summed E-state index contributed by atoms with van der Waals surface area (Å²) in [5.74, 6) is -2.43. The van der Waals surface area contributed by atoms with Crippen LogP contribution in [0.3, 0.4) is 0 Å². The summed E-state index contributed by atoms with van der Waals surface area (Å²) in [6, 6.07) is 2.13. The molecule has 1 aromatic rings. The number of amides is 1. The molecule has 0 radical (unpaired) electrons. The first-order valence-electron chi connectivity index (χ1n) is 5.14. The number of hydrogen-bond acceptors (Lipinski definition) is 2. The van der Waals surface area contributed by atoms with Crippen LogP contribution in [0.25, 0.3) is 0 Å². The van der Waals surface area contributed by atoms with Crippen molar-refractivity contribution in [3.8, 4) is 0 Å². The van der Waals surface area contributed by atoms with E-state index in [1.54, 1.807) is 0 Å². The molecule has 5 heteroatoms. The predicted molar refractivity (Wildman–Crippen MR) is 55.9 cm³/mol. The topological polar surface area (TPSA) is 46.3 Å². The maximum atomic E-state index is 13.6. The average molecular weight is 226 g/mol. The number of rotatable bonds is 1. The number of anilines is 1. The van der Waals surface area contributed by atoms with Gasteiger partial charge in [-0.25, -0.2) is 8.78 Å². The van der Waals surface area contributed by atoms with Gasteiger partial charge in [0.1, 0.15) is 11.4 Å². The standard InChI is InChI=1S/C11H12F2N2O/c12-7-3-4-8(14)10(13)9(7)11(16)15-5-1-2-6-15/h3-4H,1-2,5-6,14H2. The minimum Gasteiger partial charge on any atom is -0.396 e. The van der Waals surface area contributed by atoms with Crippen LogP contribution in [0, 0.1) is 11.6 Å². The highest BCUT2D eigenvalue weighted by Gasteiger charge is 2.26. The van der Waals surface area contributed by atoms with Crippen LogP contribution in [0.4, 0.5) is 14.5 Å². The van der Waals surface area contributed by atoms with Gasteiger partial charge in [0.05, 0.1) is 5.69 Å². The molecule has 0 unspecified atom stereocenters. The van der Waals surface area contributed by atoms with Gasteiger partial charge in [-0.2, -0.15) is 0 Å². The Balaban J connectivity index is 2.39. The van der Waals surface area contributed by atoms with Crippen LogP contribution < -0.4 is 5.73 Å². The second kappa shape index (κ2) is 4.08. The number of carbonyl (C=O) groups excluding carboxylic acids is 1. The van der Waals surface area contributed by atoms with E-state index in [1.807, 2.05) is 0 Å². The highest BCUT2D eigenvalue weighted by Crippen LogP contribution is 2.22. The van der Waals surface area contributed by atoms with E-state index in [9.17, 15) is 13.6 Å². The zero-order valence-corrected chi connectivity index (χ0v) is 8.67. The number of hydrogen-bond donors (Lipinski definition) is 1. The summed E-state index contributed by atoms with van der Waals surface area (Å²) in [7, 11) is 0. The second-order valence-electron chi connectivity index (χ2n) is 3.82. The van der Waals surface area contributed by atoms with Crippen molar-refractivity contribution in [1.29, 1.82) is 0 Å². The summed E-state index contributed by atoms with van der Waals surface area (Å²) in [5, 5.41) is 0. The van der Waals surface area contributed by atoms with Crippen molar-refractivity contribution in [3.05, 3.63) is 29.3 Å². The molecule has 1 saturated heterocycles. The Kier molecular flexibility index (Phi) is 2.77. The van der Waals surface area contributed by atoms with E-state index in [2.05, 4.69) is 0 Å². The van der Waals surface area contributed by atoms with Crippen molar-refractivity contribution in [2.45, 2.75) is 12.8 Å². The maximum absolute atomic E-state index is 13.6. The molecule has 1 heterocycles. The van der Waals surface area contributed by atoms with Crippen molar-refractivity contribution in [2.75, 3.05) is 18.8 Å². The third-order valence-corrected chi connectivity index (χ3v) is 2.73. The number of benzene rings is 1. The lowest BCUT2D eigenvalue weighted by Crippen LogP contribution is -2.29. The Labute approximate surface area is 91.8 Å². The molecule has 0 aliphatic carbocycles. The fraction of sp³-hybridized carbons (Fsp3) is 0.364. The van der Waals surface area contributed by atoms with Gasteiger partial charge in [-0.1, -0.05) is 0 Å². The van der Waals surface area contributed by atoms with E-state index in [4.69, 9.17) is 5.73 Å². The first-order chi connectivity index (χ1) is 7.61. The summed E-state index contributed by atoms with van der Waals surface area (Å²) < 4.78 is 26.9. The molecule has 0 atom stereocenters. The third-order valence-electron chi connectivity index (χ3n) is 2.73. The van der Waals surface area contributed by atoms with Crippen LogP contribution in [-0.4, -0.2) is 23.9 Å². The fourth-order valence-corrected chi connectivity index (χ4v) is 1.84. The normalized spacial score (nSPS) is 15.5. The summed E-state index contributed by atoms with van der Waals surface area (Å²) >= 11 is 0. The summed E-state index contributed by atoms with van der Waals surface area (Å²) in [6.07, 6.45) is 1.74. The highest BCUT2D eigenvalue weighted by molar-refractivity contribution is 5.95. The van der Waals surface area contributed by atoms with E-state index in [-0.39, 0.29) is 5.69 Å². The first-order valence-corrected chi connectivity index (χ1v) is 5.14. The second-order valence-corrected chi connectivity index (χ2v) is 3.82. The van der Waals surface area contributed by atoms with E-state index in [0.717, 1.165) is 25.0 Å². The zero-order valence-electron chi connectivity index (χ0n) is 8.67. The first kappa shape index (κ1) is 10.9. The molecule has 2 N–H and O–H groups in total. The molecule has 1 fully saturated rings. The van der Waals surface area contributed by atoms with E-state index < -0.39 is 23.1 Å². The number of nitrogens with zero attached hydrogens (tertiary/aromatic N) is 1.